The second-order valence-electron chi connectivity index (χ2n) is 5.72. The molecule has 2 aliphatic carbocycles. The monoisotopic (exact) mass is 293 g/mol. The number of carbonyl (C=O) groups is 2. The molecular formula is C15H19NO3S. The van der Waals surface area contributed by atoms with Crippen molar-refractivity contribution >= 4 is 23.2 Å². The molecule has 108 valence electrons. The van der Waals surface area contributed by atoms with E-state index in [1.807, 2.05) is 5.38 Å². The predicted molar refractivity (Wildman–Crippen MR) is 77.3 cm³/mol. The molecule has 1 N–H and O–H groups in total. The van der Waals surface area contributed by atoms with Gasteiger partial charge in [0, 0.05) is 16.3 Å². The first-order valence-corrected chi connectivity index (χ1v) is 8.12. The number of nitrogens with zero attached hydrogens (tertiary/aromatic N) is 1. The minimum absolute atomic E-state index is 0.0817. The third-order valence-corrected chi connectivity index (χ3v) is 5.33. The second kappa shape index (κ2) is 5.20. The van der Waals surface area contributed by atoms with Crippen LogP contribution >= 0.6 is 11.3 Å². The van der Waals surface area contributed by atoms with E-state index in [2.05, 4.69) is 0 Å². The van der Waals surface area contributed by atoms with Crippen molar-refractivity contribution < 1.29 is 14.7 Å². The van der Waals surface area contributed by atoms with E-state index in [0.29, 0.717) is 0 Å². The van der Waals surface area contributed by atoms with E-state index in [1.54, 1.807) is 23.2 Å². The maximum atomic E-state index is 12.8. The molecule has 1 aromatic heterocycles. The van der Waals surface area contributed by atoms with Crippen molar-refractivity contribution in [3.05, 3.63) is 21.4 Å². The molecule has 3 rings (SSSR count). The van der Waals surface area contributed by atoms with Gasteiger partial charge < -0.3 is 10.0 Å². The Hall–Kier alpha value is -1.36. The molecule has 1 aromatic rings. The van der Waals surface area contributed by atoms with Crippen molar-refractivity contribution in [2.24, 2.45) is 0 Å². The summed E-state index contributed by atoms with van der Waals surface area (Å²) in [6.07, 6.45) is 6.19. The van der Waals surface area contributed by atoms with E-state index >= 15 is 0 Å². The van der Waals surface area contributed by atoms with Crippen LogP contribution in [0.5, 0.6) is 0 Å². The van der Waals surface area contributed by atoms with Crippen LogP contribution in [0.2, 0.25) is 0 Å². The summed E-state index contributed by atoms with van der Waals surface area (Å²) in [5.41, 5.74) is 1.93. The lowest BCUT2D eigenvalue weighted by Gasteiger charge is -2.27. The van der Waals surface area contributed by atoms with Crippen LogP contribution in [0.25, 0.3) is 0 Å². The minimum atomic E-state index is -0.922. The van der Waals surface area contributed by atoms with Crippen LogP contribution in [-0.2, 0) is 17.6 Å². The second-order valence-corrected chi connectivity index (χ2v) is 6.68. The zero-order valence-corrected chi connectivity index (χ0v) is 12.4. The van der Waals surface area contributed by atoms with Crippen LogP contribution in [0, 0.1) is 0 Å². The van der Waals surface area contributed by atoms with Gasteiger partial charge >= 0.3 is 5.97 Å². The van der Waals surface area contributed by atoms with E-state index in [4.69, 9.17) is 0 Å². The Balaban J connectivity index is 1.90. The number of amides is 1. The summed E-state index contributed by atoms with van der Waals surface area (Å²) in [5, 5.41) is 11.2. The van der Waals surface area contributed by atoms with Crippen molar-refractivity contribution in [2.75, 3.05) is 0 Å². The quantitative estimate of drug-likeness (QED) is 0.928. The molecule has 1 amide bonds. The number of carboxylic acids is 1. The molecule has 0 aliphatic heterocycles. The molecule has 0 spiro atoms. The number of carboxylic acid groups (broad SMARTS) is 1. The van der Waals surface area contributed by atoms with Crippen molar-refractivity contribution in [1.82, 2.24) is 4.90 Å². The van der Waals surface area contributed by atoms with E-state index < -0.39 is 12.0 Å². The predicted octanol–water partition coefficient (Wildman–Crippen LogP) is 2.70. The molecule has 2 aliphatic rings. The van der Waals surface area contributed by atoms with E-state index in [9.17, 15) is 14.7 Å². The normalized spacial score (nSPS) is 19.2. The number of aryl methyl sites for hydroxylation is 1. The van der Waals surface area contributed by atoms with Crippen molar-refractivity contribution in [1.29, 1.82) is 0 Å². The Morgan fingerprint density at radius 3 is 2.70 bits per heavy atom. The lowest BCUT2D eigenvalue weighted by molar-refractivity contribution is -0.141. The topological polar surface area (TPSA) is 57.6 Å². The molecule has 20 heavy (non-hydrogen) atoms. The van der Waals surface area contributed by atoms with Crippen molar-refractivity contribution in [3.8, 4) is 0 Å². The first-order chi connectivity index (χ1) is 9.59. The Kier molecular flexibility index (Phi) is 3.54. The zero-order chi connectivity index (χ0) is 14.3. The maximum absolute atomic E-state index is 12.8. The summed E-state index contributed by atoms with van der Waals surface area (Å²) in [6, 6.07) is -0.623. The molecule has 1 unspecified atom stereocenters. The first kappa shape index (κ1) is 13.6. The molecule has 1 heterocycles. The fourth-order valence-electron chi connectivity index (χ4n) is 2.94. The number of carbonyl (C=O) groups excluding carboxylic acids is 1. The van der Waals surface area contributed by atoms with Gasteiger partial charge in [-0.1, -0.05) is 0 Å². The Labute approximate surface area is 122 Å². The van der Waals surface area contributed by atoms with Gasteiger partial charge in [0.15, 0.2) is 0 Å². The molecule has 0 aromatic carbocycles. The molecule has 4 nitrogen and oxygen atoms in total. The highest BCUT2D eigenvalue weighted by Crippen LogP contribution is 2.35. The number of fused-ring (bicyclic) bond motifs is 1. The Morgan fingerprint density at radius 1 is 1.35 bits per heavy atom. The fraction of sp³-hybridized carbons (Fsp3) is 0.600. The SMILES string of the molecule is CC(C(=O)O)N(C(=O)c1csc2c1CCCC2)C1CC1. The van der Waals surface area contributed by atoms with Crippen LogP contribution in [0.15, 0.2) is 5.38 Å². The van der Waals surface area contributed by atoms with Gasteiger partial charge in [-0.15, -0.1) is 11.3 Å². The highest BCUT2D eigenvalue weighted by molar-refractivity contribution is 7.10. The first-order valence-electron chi connectivity index (χ1n) is 7.24. The summed E-state index contributed by atoms with van der Waals surface area (Å²) < 4.78 is 0. The lowest BCUT2D eigenvalue weighted by atomic mass is 9.95. The molecule has 5 heteroatoms. The van der Waals surface area contributed by atoms with Gasteiger partial charge in [-0.25, -0.2) is 4.79 Å². The molecule has 1 atom stereocenters. The maximum Gasteiger partial charge on any atom is 0.326 e. The van der Waals surface area contributed by atoms with Crippen LogP contribution in [-0.4, -0.2) is 34.0 Å². The van der Waals surface area contributed by atoms with E-state index in [-0.39, 0.29) is 11.9 Å². The number of hydrogen-bond acceptors (Lipinski definition) is 3. The highest BCUT2D eigenvalue weighted by Gasteiger charge is 2.39. The highest BCUT2D eigenvalue weighted by atomic mass is 32.1. The van der Waals surface area contributed by atoms with Crippen LogP contribution in [0.4, 0.5) is 0 Å². The largest absolute Gasteiger partial charge is 0.480 e. The van der Waals surface area contributed by atoms with Gasteiger partial charge in [-0.2, -0.15) is 0 Å². The summed E-state index contributed by atoms with van der Waals surface area (Å²) in [7, 11) is 0. The van der Waals surface area contributed by atoms with Crippen LogP contribution in [0.3, 0.4) is 0 Å². The number of rotatable bonds is 4. The summed E-state index contributed by atoms with van der Waals surface area (Å²) in [5.74, 6) is -1.00. The molecule has 0 bridgehead atoms. The number of aliphatic carboxylic acids is 1. The smallest absolute Gasteiger partial charge is 0.326 e. The molecule has 0 radical (unpaired) electrons. The van der Waals surface area contributed by atoms with Crippen molar-refractivity contribution in [2.45, 2.75) is 57.5 Å². The van der Waals surface area contributed by atoms with Crippen molar-refractivity contribution in [3.63, 3.8) is 0 Å². The van der Waals surface area contributed by atoms with Crippen LogP contribution < -0.4 is 0 Å². The third-order valence-electron chi connectivity index (χ3n) is 4.24. The zero-order valence-electron chi connectivity index (χ0n) is 11.6. The number of hydrogen-bond donors (Lipinski definition) is 1. The molecular weight excluding hydrogens is 274 g/mol. The van der Waals surface area contributed by atoms with E-state index in [0.717, 1.165) is 37.7 Å². The Bertz CT molecular complexity index is 547. The molecule has 1 saturated carbocycles. The van der Waals surface area contributed by atoms with E-state index in [1.165, 1.54) is 16.9 Å². The van der Waals surface area contributed by atoms with Gasteiger partial charge in [0.2, 0.25) is 0 Å². The van der Waals surface area contributed by atoms with Gasteiger partial charge in [0.05, 0.1) is 5.56 Å². The third kappa shape index (κ3) is 2.35. The lowest BCUT2D eigenvalue weighted by Crippen LogP contribution is -2.44. The minimum Gasteiger partial charge on any atom is -0.480 e. The Morgan fingerprint density at radius 2 is 2.05 bits per heavy atom. The van der Waals surface area contributed by atoms with Gasteiger partial charge in [0.1, 0.15) is 6.04 Å². The van der Waals surface area contributed by atoms with Gasteiger partial charge in [0.25, 0.3) is 5.91 Å². The van der Waals surface area contributed by atoms with Gasteiger partial charge in [-0.05, 0) is 51.0 Å². The number of thiophene rings is 1. The average Bonchev–Trinajstić information content (AvgIpc) is 3.17. The standard InChI is InChI=1S/C15H19NO3S/c1-9(15(18)19)16(10-6-7-10)14(17)12-8-20-13-5-3-2-4-11(12)13/h8-10H,2-7H2,1H3,(H,18,19). The summed E-state index contributed by atoms with van der Waals surface area (Å²) in [4.78, 5) is 26.9. The molecule has 1 fully saturated rings. The summed E-state index contributed by atoms with van der Waals surface area (Å²) in [6.45, 7) is 1.61. The van der Waals surface area contributed by atoms with Gasteiger partial charge in [-0.3, -0.25) is 4.79 Å². The van der Waals surface area contributed by atoms with Crippen LogP contribution in [0.1, 0.15) is 53.4 Å². The molecule has 0 saturated heterocycles. The average molecular weight is 293 g/mol. The fourth-order valence-corrected chi connectivity index (χ4v) is 4.06. The summed E-state index contributed by atoms with van der Waals surface area (Å²) >= 11 is 1.66.